The summed E-state index contributed by atoms with van der Waals surface area (Å²) in [6.07, 6.45) is -2.62. The highest BCUT2D eigenvalue weighted by atomic mass is 32.2. The van der Waals surface area contributed by atoms with Gasteiger partial charge < -0.3 is 0 Å². The normalized spacial score (nSPS) is 12.0. The largest absolute Gasteiger partial charge is 0.404 e. The molecule has 0 atom stereocenters. The van der Waals surface area contributed by atoms with Gasteiger partial charge in [-0.05, 0) is 18.2 Å². The molecule has 29 heavy (non-hydrogen) atoms. The monoisotopic (exact) mass is 447 g/mol. The highest BCUT2D eigenvalue weighted by Gasteiger charge is 2.36. The van der Waals surface area contributed by atoms with Gasteiger partial charge in [-0.25, -0.2) is 22.5 Å². The quantitative estimate of drug-likeness (QED) is 0.598. The van der Waals surface area contributed by atoms with Crippen molar-refractivity contribution >= 4 is 27.3 Å². The van der Waals surface area contributed by atoms with Gasteiger partial charge in [0.25, 0.3) is 5.91 Å². The molecule has 0 unspecified atom stereocenters. The van der Waals surface area contributed by atoms with Crippen molar-refractivity contribution in [3.8, 4) is 21.3 Å². The zero-order chi connectivity index (χ0) is 21.2. The van der Waals surface area contributed by atoms with E-state index in [2.05, 4.69) is 20.2 Å². The minimum absolute atomic E-state index is 0.124. The summed E-state index contributed by atoms with van der Waals surface area (Å²) in [5.74, 6) is -4.10. The Hall–Kier alpha value is -3.00. The number of carbonyl (C=O) groups excluding carboxylic acids is 1. The molecule has 152 valence electrons. The van der Waals surface area contributed by atoms with Crippen LogP contribution in [0.3, 0.4) is 0 Å². The topological polar surface area (TPSA) is 115 Å². The predicted molar refractivity (Wildman–Crippen MR) is 93.6 cm³/mol. The molecule has 0 spiro atoms. The standard InChI is InChI=1S/C15H9F4N5O3S2/c16-9-4-8(5-20-6-9)13-22-23-14(28-13)11-3-1-2-10(21-11)12(25)24-29(26,27)7-15(17,18)19/h1-6H,7H2,(H,24,25). The Labute approximate surface area is 164 Å². The number of pyridine rings is 2. The first kappa shape index (κ1) is 20.7. The lowest BCUT2D eigenvalue weighted by molar-refractivity contribution is -0.106. The smallest absolute Gasteiger partial charge is 0.266 e. The average molecular weight is 447 g/mol. The second-order valence-electron chi connectivity index (χ2n) is 5.52. The fraction of sp³-hybridized carbons (Fsp3) is 0.133. The van der Waals surface area contributed by atoms with Crippen molar-refractivity contribution in [2.24, 2.45) is 0 Å². The van der Waals surface area contributed by atoms with Crippen molar-refractivity contribution in [1.29, 1.82) is 0 Å². The Balaban J connectivity index is 1.82. The van der Waals surface area contributed by atoms with Crippen LogP contribution in [0.25, 0.3) is 21.3 Å². The zero-order valence-corrected chi connectivity index (χ0v) is 15.6. The van der Waals surface area contributed by atoms with Crippen LogP contribution < -0.4 is 4.72 Å². The van der Waals surface area contributed by atoms with E-state index >= 15 is 0 Å². The number of hydrogen-bond donors (Lipinski definition) is 1. The molecule has 0 fully saturated rings. The first-order chi connectivity index (χ1) is 13.5. The van der Waals surface area contributed by atoms with Crippen LogP contribution in [0.5, 0.6) is 0 Å². The van der Waals surface area contributed by atoms with Crippen molar-refractivity contribution in [3.05, 3.63) is 48.2 Å². The molecule has 3 aromatic heterocycles. The molecule has 0 aromatic carbocycles. The van der Waals surface area contributed by atoms with E-state index in [1.807, 2.05) is 0 Å². The van der Waals surface area contributed by atoms with Gasteiger partial charge in [0.15, 0.2) is 10.8 Å². The van der Waals surface area contributed by atoms with Gasteiger partial charge in [0.1, 0.15) is 22.2 Å². The first-order valence-electron chi connectivity index (χ1n) is 7.56. The van der Waals surface area contributed by atoms with Gasteiger partial charge in [0.05, 0.1) is 6.20 Å². The summed E-state index contributed by atoms with van der Waals surface area (Å²) in [5.41, 5.74) is 0.0531. The number of halogens is 4. The van der Waals surface area contributed by atoms with E-state index in [0.29, 0.717) is 10.6 Å². The number of rotatable bonds is 5. The predicted octanol–water partition coefficient (Wildman–Crippen LogP) is 2.42. The number of aromatic nitrogens is 4. The molecule has 3 aromatic rings. The average Bonchev–Trinajstić information content (AvgIpc) is 3.09. The summed E-state index contributed by atoms with van der Waals surface area (Å²) in [7, 11) is -4.93. The van der Waals surface area contributed by atoms with Crippen LogP contribution in [0.1, 0.15) is 10.5 Å². The molecule has 3 heterocycles. The molecule has 0 aliphatic carbocycles. The van der Waals surface area contributed by atoms with Crippen LogP contribution in [-0.2, 0) is 10.0 Å². The highest BCUT2D eigenvalue weighted by molar-refractivity contribution is 7.90. The number of sulfonamides is 1. The summed E-state index contributed by atoms with van der Waals surface area (Å²) in [4.78, 5) is 19.6. The van der Waals surface area contributed by atoms with Crippen molar-refractivity contribution in [1.82, 2.24) is 24.9 Å². The van der Waals surface area contributed by atoms with E-state index in [-0.39, 0.29) is 10.7 Å². The maximum Gasteiger partial charge on any atom is 0.404 e. The molecule has 8 nitrogen and oxygen atoms in total. The van der Waals surface area contributed by atoms with Crippen LogP contribution in [0.2, 0.25) is 0 Å². The Morgan fingerprint density at radius 1 is 1.14 bits per heavy atom. The Morgan fingerprint density at radius 2 is 1.86 bits per heavy atom. The van der Waals surface area contributed by atoms with E-state index in [9.17, 15) is 30.8 Å². The molecule has 0 bridgehead atoms. The van der Waals surface area contributed by atoms with E-state index in [0.717, 1.165) is 23.6 Å². The number of hydrogen-bond acceptors (Lipinski definition) is 8. The molecule has 14 heteroatoms. The van der Waals surface area contributed by atoms with Gasteiger partial charge in [-0.3, -0.25) is 9.78 Å². The Bertz CT molecular complexity index is 1160. The van der Waals surface area contributed by atoms with E-state index in [1.54, 1.807) is 0 Å². The fourth-order valence-electron chi connectivity index (χ4n) is 2.10. The fourth-order valence-corrected chi connectivity index (χ4v) is 3.78. The van der Waals surface area contributed by atoms with Gasteiger partial charge in [-0.2, -0.15) is 13.2 Å². The molecule has 0 saturated heterocycles. The van der Waals surface area contributed by atoms with Gasteiger partial charge in [-0.1, -0.05) is 17.4 Å². The summed E-state index contributed by atoms with van der Waals surface area (Å²) in [6.45, 7) is 0. The maximum absolute atomic E-state index is 13.3. The molecular weight excluding hydrogens is 438 g/mol. The van der Waals surface area contributed by atoms with E-state index < -0.39 is 39.4 Å². The lowest BCUT2D eigenvalue weighted by Gasteiger charge is -2.09. The Kier molecular flexibility index (Phi) is 5.57. The van der Waals surface area contributed by atoms with Crippen LogP contribution in [0.15, 0.2) is 36.7 Å². The Morgan fingerprint density at radius 3 is 2.55 bits per heavy atom. The van der Waals surface area contributed by atoms with Crippen molar-refractivity contribution in [2.45, 2.75) is 6.18 Å². The summed E-state index contributed by atoms with van der Waals surface area (Å²) in [5, 5.41) is 8.29. The number of alkyl halides is 3. The molecule has 1 N–H and O–H groups in total. The van der Waals surface area contributed by atoms with Crippen molar-refractivity contribution in [3.63, 3.8) is 0 Å². The minimum atomic E-state index is -5.00. The third-order valence-electron chi connectivity index (χ3n) is 3.18. The third-order valence-corrected chi connectivity index (χ3v) is 5.38. The van der Waals surface area contributed by atoms with Gasteiger partial charge in [0.2, 0.25) is 10.0 Å². The van der Waals surface area contributed by atoms with Crippen LogP contribution in [0, 0.1) is 5.82 Å². The summed E-state index contributed by atoms with van der Waals surface area (Å²) >= 11 is 0.999. The third kappa shape index (κ3) is 5.51. The summed E-state index contributed by atoms with van der Waals surface area (Å²) in [6, 6.07) is 5.11. The van der Waals surface area contributed by atoms with Crippen molar-refractivity contribution in [2.75, 3.05) is 5.75 Å². The van der Waals surface area contributed by atoms with E-state index in [1.165, 1.54) is 29.1 Å². The number of carbonyl (C=O) groups is 1. The van der Waals surface area contributed by atoms with Gasteiger partial charge in [0, 0.05) is 11.8 Å². The molecular formula is C15H9F4N5O3S2. The van der Waals surface area contributed by atoms with Crippen LogP contribution in [0.4, 0.5) is 17.6 Å². The first-order valence-corrected chi connectivity index (χ1v) is 10.0. The lowest BCUT2D eigenvalue weighted by Crippen LogP contribution is -2.37. The van der Waals surface area contributed by atoms with E-state index in [4.69, 9.17) is 0 Å². The number of nitrogens with one attached hydrogen (secondary N) is 1. The van der Waals surface area contributed by atoms with Gasteiger partial charge >= 0.3 is 6.18 Å². The SMILES string of the molecule is O=C(NS(=O)(=O)CC(F)(F)F)c1cccc(-c2nnc(-c3cncc(F)c3)s2)n1. The zero-order valence-electron chi connectivity index (χ0n) is 14.0. The van der Waals surface area contributed by atoms with Crippen molar-refractivity contribution < 1.29 is 30.8 Å². The van der Waals surface area contributed by atoms with Crippen LogP contribution >= 0.6 is 11.3 Å². The second-order valence-corrected chi connectivity index (χ2v) is 8.22. The molecule has 0 aliphatic rings. The second kappa shape index (κ2) is 7.79. The molecule has 0 radical (unpaired) electrons. The molecule has 1 amide bonds. The molecule has 0 aliphatic heterocycles. The molecule has 3 rings (SSSR count). The number of amides is 1. The summed E-state index contributed by atoms with van der Waals surface area (Å²) < 4.78 is 74.3. The molecule has 0 saturated carbocycles. The number of nitrogens with zero attached hydrogens (tertiary/aromatic N) is 4. The lowest BCUT2D eigenvalue weighted by atomic mass is 10.3. The minimum Gasteiger partial charge on any atom is -0.266 e. The maximum atomic E-state index is 13.3. The van der Waals surface area contributed by atoms with Crippen LogP contribution in [-0.4, -0.2) is 46.4 Å². The van der Waals surface area contributed by atoms with Gasteiger partial charge in [-0.15, -0.1) is 10.2 Å². The highest BCUT2D eigenvalue weighted by Crippen LogP contribution is 2.29.